The first-order valence-corrected chi connectivity index (χ1v) is 4.74. The van der Waals surface area contributed by atoms with E-state index in [0.717, 1.165) is 17.1 Å². The van der Waals surface area contributed by atoms with Crippen molar-refractivity contribution in [1.82, 2.24) is 5.43 Å². The Morgan fingerprint density at radius 2 is 2.00 bits per heavy atom. The molecule has 0 aromatic heterocycles. The average Bonchev–Trinajstić information content (AvgIpc) is 2.39. The van der Waals surface area contributed by atoms with Crippen molar-refractivity contribution < 1.29 is 0 Å². The van der Waals surface area contributed by atoms with E-state index < -0.39 is 0 Å². The number of nitrogens with one attached hydrogen (secondary N) is 1. The summed E-state index contributed by atoms with van der Waals surface area (Å²) in [6.07, 6.45) is 1.80. The molecule has 0 aliphatic carbocycles. The van der Waals surface area contributed by atoms with Gasteiger partial charge in [-0.05, 0) is 6.07 Å². The van der Waals surface area contributed by atoms with Crippen LogP contribution in [0.3, 0.4) is 0 Å². The molecule has 1 aliphatic rings. The van der Waals surface area contributed by atoms with Crippen LogP contribution in [0, 0.1) is 5.92 Å². The first-order valence-electron chi connectivity index (χ1n) is 4.74. The van der Waals surface area contributed by atoms with Crippen molar-refractivity contribution in [2.75, 3.05) is 0 Å². The van der Waals surface area contributed by atoms with Gasteiger partial charge in [0.2, 0.25) is 0 Å². The van der Waals surface area contributed by atoms with Gasteiger partial charge in [-0.25, -0.2) is 4.99 Å². The maximum Gasteiger partial charge on any atom is 0.125 e. The quantitative estimate of drug-likeness (QED) is 0.719. The summed E-state index contributed by atoms with van der Waals surface area (Å²) in [4.78, 5) is 4.52. The van der Waals surface area contributed by atoms with Crippen molar-refractivity contribution in [2.24, 2.45) is 16.0 Å². The molecule has 0 unspecified atom stereocenters. The van der Waals surface area contributed by atoms with Crippen LogP contribution in [-0.2, 0) is 0 Å². The fraction of sp³-hybridized carbons (Fsp3) is 0.273. The molecule has 0 saturated heterocycles. The van der Waals surface area contributed by atoms with Crippen LogP contribution in [0.1, 0.15) is 19.4 Å². The molecule has 3 nitrogen and oxygen atoms in total. The lowest BCUT2D eigenvalue weighted by Crippen LogP contribution is -2.22. The zero-order valence-corrected chi connectivity index (χ0v) is 8.36. The van der Waals surface area contributed by atoms with Crippen LogP contribution in [0.4, 0.5) is 5.69 Å². The highest BCUT2D eigenvalue weighted by Crippen LogP contribution is 2.19. The van der Waals surface area contributed by atoms with Crippen LogP contribution in [0.5, 0.6) is 0 Å². The number of rotatable bonds is 1. The molecule has 0 atom stereocenters. The van der Waals surface area contributed by atoms with Crippen LogP contribution >= 0.6 is 0 Å². The molecule has 2 rings (SSSR count). The summed E-state index contributed by atoms with van der Waals surface area (Å²) >= 11 is 0. The molecule has 0 amide bonds. The molecule has 0 fully saturated rings. The molecule has 72 valence electrons. The normalized spacial score (nSPS) is 14.4. The third-order valence-electron chi connectivity index (χ3n) is 2.11. The molecule has 0 radical (unpaired) electrons. The second-order valence-corrected chi connectivity index (χ2v) is 3.58. The van der Waals surface area contributed by atoms with Crippen LogP contribution in [-0.4, -0.2) is 12.1 Å². The van der Waals surface area contributed by atoms with E-state index in [1.165, 1.54) is 0 Å². The molecule has 1 aromatic carbocycles. The number of nitrogens with zero attached hydrogens (tertiary/aromatic N) is 2. The maximum atomic E-state index is 4.52. The number of hydrazone groups is 1. The van der Waals surface area contributed by atoms with E-state index >= 15 is 0 Å². The highest BCUT2D eigenvalue weighted by atomic mass is 15.3. The monoisotopic (exact) mass is 187 g/mol. The van der Waals surface area contributed by atoms with Crippen molar-refractivity contribution in [3.05, 3.63) is 29.8 Å². The summed E-state index contributed by atoms with van der Waals surface area (Å²) in [5, 5.41) is 4.11. The molecular weight excluding hydrogens is 174 g/mol. The Labute approximate surface area is 83.6 Å². The van der Waals surface area contributed by atoms with Gasteiger partial charge >= 0.3 is 0 Å². The summed E-state index contributed by atoms with van der Waals surface area (Å²) in [5.41, 5.74) is 4.98. The van der Waals surface area contributed by atoms with E-state index in [1.807, 2.05) is 24.3 Å². The summed E-state index contributed by atoms with van der Waals surface area (Å²) in [6, 6.07) is 7.98. The SMILES string of the molecule is CC(C)C1=Nc2ccccc2C=NN1. The second kappa shape index (κ2) is 3.62. The molecule has 3 heteroatoms. The first kappa shape index (κ1) is 8.94. The standard InChI is InChI=1S/C11H13N3/c1-8(2)11-13-10-6-4-3-5-9(10)7-12-14-11/h3-8H,1-2H3,(H,13,14). The van der Waals surface area contributed by atoms with Crippen LogP contribution in [0.15, 0.2) is 34.4 Å². The Hall–Kier alpha value is -1.64. The smallest absolute Gasteiger partial charge is 0.125 e. The third-order valence-corrected chi connectivity index (χ3v) is 2.11. The van der Waals surface area contributed by atoms with Gasteiger partial charge in [0.05, 0.1) is 11.9 Å². The van der Waals surface area contributed by atoms with Crippen molar-refractivity contribution >= 4 is 17.7 Å². The van der Waals surface area contributed by atoms with Crippen LogP contribution < -0.4 is 5.43 Å². The average molecular weight is 187 g/mol. The molecule has 1 N–H and O–H groups in total. The third kappa shape index (κ3) is 1.66. The topological polar surface area (TPSA) is 36.8 Å². The Bertz CT molecular complexity index is 391. The zero-order chi connectivity index (χ0) is 9.97. The summed E-state index contributed by atoms with van der Waals surface area (Å²) < 4.78 is 0. The molecular formula is C11H13N3. The van der Waals surface area contributed by atoms with E-state index in [4.69, 9.17) is 0 Å². The Kier molecular flexibility index (Phi) is 2.31. The predicted octanol–water partition coefficient (Wildman–Crippen LogP) is 2.31. The minimum absolute atomic E-state index is 0.360. The van der Waals surface area contributed by atoms with Gasteiger partial charge < -0.3 is 0 Å². The van der Waals surface area contributed by atoms with Crippen molar-refractivity contribution in [2.45, 2.75) is 13.8 Å². The van der Waals surface area contributed by atoms with Gasteiger partial charge in [-0.2, -0.15) is 5.10 Å². The van der Waals surface area contributed by atoms with Crippen molar-refractivity contribution in [3.63, 3.8) is 0 Å². The van der Waals surface area contributed by atoms with E-state index in [-0.39, 0.29) is 0 Å². The Balaban J connectivity index is 2.47. The van der Waals surface area contributed by atoms with Crippen LogP contribution in [0.25, 0.3) is 0 Å². The minimum Gasteiger partial charge on any atom is -0.265 e. The van der Waals surface area contributed by atoms with Crippen molar-refractivity contribution in [1.29, 1.82) is 0 Å². The van der Waals surface area contributed by atoms with Crippen LogP contribution in [0.2, 0.25) is 0 Å². The largest absolute Gasteiger partial charge is 0.265 e. The fourth-order valence-electron chi connectivity index (χ4n) is 1.28. The van der Waals surface area contributed by atoms with E-state index in [0.29, 0.717) is 5.92 Å². The first-order chi connectivity index (χ1) is 6.77. The highest BCUT2D eigenvalue weighted by Gasteiger charge is 2.08. The van der Waals surface area contributed by atoms with E-state index in [9.17, 15) is 0 Å². The van der Waals surface area contributed by atoms with Gasteiger partial charge in [0.15, 0.2) is 0 Å². The van der Waals surface area contributed by atoms with Crippen molar-refractivity contribution in [3.8, 4) is 0 Å². The highest BCUT2D eigenvalue weighted by molar-refractivity contribution is 5.95. The van der Waals surface area contributed by atoms with Gasteiger partial charge in [0, 0.05) is 11.5 Å². The molecule has 0 bridgehead atoms. The lowest BCUT2D eigenvalue weighted by Gasteiger charge is -2.06. The maximum absolute atomic E-state index is 4.52. The van der Waals surface area contributed by atoms with E-state index in [2.05, 4.69) is 29.4 Å². The van der Waals surface area contributed by atoms with Gasteiger partial charge in [0.1, 0.15) is 5.84 Å². The molecule has 1 aliphatic heterocycles. The summed E-state index contributed by atoms with van der Waals surface area (Å²) in [7, 11) is 0. The van der Waals surface area contributed by atoms with Gasteiger partial charge in [-0.3, -0.25) is 5.43 Å². The van der Waals surface area contributed by atoms with Gasteiger partial charge in [-0.15, -0.1) is 0 Å². The molecule has 0 saturated carbocycles. The second-order valence-electron chi connectivity index (χ2n) is 3.58. The summed E-state index contributed by atoms with van der Waals surface area (Å²) in [6.45, 7) is 4.19. The van der Waals surface area contributed by atoms with E-state index in [1.54, 1.807) is 6.21 Å². The number of para-hydroxylation sites is 1. The number of amidine groups is 1. The van der Waals surface area contributed by atoms with Gasteiger partial charge in [-0.1, -0.05) is 32.0 Å². The van der Waals surface area contributed by atoms with Gasteiger partial charge in [0.25, 0.3) is 0 Å². The molecule has 14 heavy (non-hydrogen) atoms. The number of fused-ring (bicyclic) bond motifs is 1. The molecule has 1 aromatic rings. The Morgan fingerprint density at radius 1 is 1.21 bits per heavy atom. The Morgan fingerprint density at radius 3 is 2.79 bits per heavy atom. The fourth-order valence-corrected chi connectivity index (χ4v) is 1.28. The lowest BCUT2D eigenvalue weighted by molar-refractivity contribution is 0.819. The molecule has 0 spiro atoms. The summed E-state index contributed by atoms with van der Waals surface area (Å²) in [5.74, 6) is 1.27. The number of aliphatic imine (C=N–C) groups is 1. The number of hydrogen-bond donors (Lipinski definition) is 1. The minimum atomic E-state index is 0.360. The predicted molar refractivity (Wildman–Crippen MR) is 59.1 cm³/mol. The molecule has 1 heterocycles. The number of benzene rings is 1. The lowest BCUT2D eigenvalue weighted by atomic mass is 10.2. The number of hydrogen-bond acceptors (Lipinski definition) is 3. The zero-order valence-electron chi connectivity index (χ0n) is 8.36.